The molecule has 27 heavy (non-hydrogen) atoms. The van der Waals surface area contributed by atoms with Crippen molar-refractivity contribution in [3.63, 3.8) is 0 Å². The predicted octanol–water partition coefficient (Wildman–Crippen LogP) is 5.44. The molecule has 2 aromatic carbocycles. The van der Waals surface area contributed by atoms with Crippen LogP contribution in [0.5, 0.6) is 5.75 Å². The number of hydrogen-bond acceptors (Lipinski definition) is 5. The van der Waals surface area contributed by atoms with Gasteiger partial charge in [0.15, 0.2) is 5.76 Å². The number of carbonyl (C=O) groups excluding carboxylic acids is 1. The Morgan fingerprint density at radius 1 is 1.19 bits per heavy atom. The molecule has 0 atom stereocenters. The minimum atomic E-state index is -0.624. The first-order valence-corrected chi connectivity index (χ1v) is 8.82. The second kappa shape index (κ2) is 8.24. The highest BCUT2D eigenvalue weighted by molar-refractivity contribution is 9.10. The van der Waals surface area contributed by atoms with Gasteiger partial charge in [0, 0.05) is 15.6 Å². The zero-order valence-corrected chi connectivity index (χ0v) is 16.0. The van der Waals surface area contributed by atoms with Gasteiger partial charge in [0.1, 0.15) is 23.8 Å². The molecule has 1 heterocycles. The van der Waals surface area contributed by atoms with Crippen molar-refractivity contribution in [3.05, 3.63) is 85.7 Å². The van der Waals surface area contributed by atoms with E-state index in [9.17, 15) is 14.9 Å². The maximum Gasteiger partial charge on any atom is 0.294 e. The van der Waals surface area contributed by atoms with Crippen molar-refractivity contribution in [2.24, 2.45) is 0 Å². The lowest BCUT2D eigenvalue weighted by molar-refractivity contribution is -0.383. The molecule has 0 aliphatic carbocycles. The average Bonchev–Trinajstić information content (AvgIpc) is 3.12. The Labute approximate surface area is 167 Å². The van der Waals surface area contributed by atoms with E-state index in [0.29, 0.717) is 11.5 Å². The molecule has 0 saturated carbocycles. The van der Waals surface area contributed by atoms with Crippen LogP contribution in [0.2, 0.25) is 5.02 Å². The minimum Gasteiger partial charge on any atom is -0.486 e. The molecular weight excluding hydrogens is 440 g/mol. The molecule has 0 radical (unpaired) electrons. The summed E-state index contributed by atoms with van der Waals surface area (Å²) in [4.78, 5) is 22.8. The van der Waals surface area contributed by atoms with Crippen LogP contribution in [0.25, 0.3) is 0 Å². The van der Waals surface area contributed by atoms with Gasteiger partial charge in [-0.05, 0) is 48.5 Å². The van der Waals surface area contributed by atoms with E-state index >= 15 is 0 Å². The van der Waals surface area contributed by atoms with Crippen molar-refractivity contribution in [3.8, 4) is 5.75 Å². The first-order valence-electron chi connectivity index (χ1n) is 7.65. The zero-order valence-electron chi connectivity index (χ0n) is 13.6. The zero-order chi connectivity index (χ0) is 19.4. The largest absolute Gasteiger partial charge is 0.486 e. The van der Waals surface area contributed by atoms with Crippen molar-refractivity contribution in [2.75, 3.05) is 5.32 Å². The Bertz CT molecular complexity index is 988. The second-order valence-corrected chi connectivity index (χ2v) is 6.73. The molecule has 0 aliphatic rings. The van der Waals surface area contributed by atoms with E-state index in [1.807, 2.05) is 12.1 Å². The number of ether oxygens (including phenoxy) is 1. The van der Waals surface area contributed by atoms with Gasteiger partial charge < -0.3 is 14.5 Å². The normalized spacial score (nSPS) is 10.4. The van der Waals surface area contributed by atoms with Crippen LogP contribution in [0.4, 0.5) is 11.4 Å². The first-order chi connectivity index (χ1) is 12.9. The molecule has 1 aromatic heterocycles. The van der Waals surface area contributed by atoms with Crippen LogP contribution < -0.4 is 10.1 Å². The van der Waals surface area contributed by atoms with Crippen LogP contribution in [-0.4, -0.2) is 10.8 Å². The maximum atomic E-state index is 12.3. The number of nitro groups is 1. The third-order valence-electron chi connectivity index (χ3n) is 3.48. The van der Waals surface area contributed by atoms with E-state index in [0.717, 1.165) is 10.5 Å². The van der Waals surface area contributed by atoms with Crippen molar-refractivity contribution in [1.29, 1.82) is 0 Å². The number of amides is 1. The van der Waals surface area contributed by atoms with Crippen molar-refractivity contribution in [2.45, 2.75) is 6.61 Å². The summed E-state index contributed by atoms with van der Waals surface area (Å²) in [5.74, 6) is 0.482. The summed E-state index contributed by atoms with van der Waals surface area (Å²) < 4.78 is 12.0. The summed E-state index contributed by atoms with van der Waals surface area (Å²) in [5, 5.41) is 13.7. The minimum absolute atomic E-state index is 0.00801. The van der Waals surface area contributed by atoms with E-state index < -0.39 is 10.8 Å². The molecule has 0 bridgehead atoms. The van der Waals surface area contributed by atoms with E-state index in [4.69, 9.17) is 20.8 Å². The highest BCUT2D eigenvalue weighted by Crippen LogP contribution is 2.28. The van der Waals surface area contributed by atoms with Gasteiger partial charge in [0.05, 0.1) is 4.92 Å². The van der Waals surface area contributed by atoms with E-state index in [2.05, 4.69) is 21.2 Å². The van der Waals surface area contributed by atoms with Crippen molar-refractivity contribution in [1.82, 2.24) is 0 Å². The quantitative estimate of drug-likeness (QED) is 0.398. The molecule has 7 nitrogen and oxygen atoms in total. The second-order valence-electron chi connectivity index (χ2n) is 5.38. The molecular formula is C18H12BrClN2O5. The molecule has 0 saturated heterocycles. The fourth-order valence-electron chi connectivity index (χ4n) is 2.21. The maximum absolute atomic E-state index is 12.3. The Morgan fingerprint density at radius 2 is 1.93 bits per heavy atom. The highest BCUT2D eigenvalue weighted by Gasteiger charge is 2.19. The third kappa shape index (κ3) is 4.87. The van der Waals surface area contributed by atoms with Crippen LogP contribution in [0.15, 0.2) is 63.5 Å². The number of rotatable bonds is 6. The predicted molar refractivity (Wildman–Crippen MR) is 103 cm³/mol. The molecule has 1 N–H and O–H groups in total. The summed E-state index contributed by atoms with van der Waals surface area (Å²) in [5.41, 5.74) is -0.278. The van der Waals surface area contributed by atoms with Gasteiger partial charge in [-0.2, -0.15) is 0 Å². The number of carbonyl (C=O) groups is 1. The van der Waals surface area contributed by atoms with E-state index in [-0.39, 0.29) is 28.8 Å². The van der Waals surface area contributed by atoms with Gasteiger partial charge in [0.2, 0.25) is 0 Å². The summed E-state index contributed by atoms with van der Waals surface area (Å²) >= 11 is 9.10. The van der Waals surface area contributed by atoms with Crippen LogP contribution in [-0.2, 0) is 6.61 Å². The number of nitrogens with zero attached hydrogens (tertiary/aromatic N) is 1. The smallest absolute Gasteiger partial charge is 0.294 e. The molecule has 0 aliphatic heterocycles. The summed E-state index contributed by atoms with van der Waals surface area (Å²) in [6, 6.07) is 14.3. The lowest BCUT2D eigenvalue weighted by Crippen LogP contribution is -2.12. The topological polar surface area (TPSA) is 94.6 Å². The summed E-state index contributed by atoms with van der Waals surface area (Å²) in [6.45, 7) is 0.135. The Balaban J connectivity index is 1.66. The Kier molecular flexibility index (Phi) is 5.78. The summed E-state index contributed by atoms with van der Waals surface area (Å²) in [6.07, 6.45) is 0. The standard InChI is InChI=1S/C18H12BrClN2O5/c19-11-1-4-13(5-2-11)26-10-14-6-8-17(27-14)18(23)21-15-7-3-12(20)9-16(15)22(24)25/h1-9H,10H2,(H,21,23). The van der Waals surface area contributed by atoms with E-state index in [1.54, 1.807) is 18.2 Å². The van der Waals surface area contributed by atoms with E-state index in [1.165, 1.54) is 18.2 Å². The first kappa shape index (κ1) is 18.9. The van der Waals surface area contributed by atoms with Crippen LogP contribution >= 0.6 is 27.5 Å². The van der Waals surface area contributed by atoms with Gasteiger partial charge in [0.25, 0.3) is 11.6 Å². The van der Waals surface area contributed by atoms with Gasteiger partial charge in [-0.15, -0.1) is 0 Å². The average molecular weight is 452 g/mol. The lowest BCUT2D eigenvalue weighted by Gasteiger charge is -2.05. The number of anilines is 1. The fraction of sp³-hybridized carbons (Fsp3) is 0.0556. The van der Waals surface area contributed by atoms with Gasteiger partial charge in [-0.25, -0.2) is 0 Å². The number of benzene rings is 2. The molecule has 0 spiro atoms. The highest BCUT2D eigenvalue weighted by atomic mass is 79.9. The van der Waals surface area contributed by atoms with Gasteiger partial charge in [-0.1, -0.05) is 27.5 Å². The number of nitro benzene ring substituents is 1. The monoisotopic (exact) mass is 450 g/mol. The molecule has 138 valence electrons. The molecule has 9 heteroatoms. The molecule has 1 amide bonds. The van der Waals surface area contributed by atoms with Crippen LogP contribution in [0.1, 0.15) is 16.3 Å². The van der Waals surface area contributed by atoms with Crippen LogP contribution in [0, 0.1) is 10.1 Å². The third-order valence-corrected chi connectivity index (χ3v) is 4.25. The SMILES string of the molecule is O=C(Nc1ccc(Cl)cc1[N+](=O)[O-])c1ccc(COc2ccc(Br)cc2)o1. The van der Waals surface area contributed by atoms with Crippen molar-refractivity contribution >= 4 is 44.8 Å². The number of furan rings is 1. The Hall–Kier alpha value is -2.84. The summed E-state index contributed by atoms with van der Waals surface area (Å²) in [7, 11) is 0. The van der Waals surface area contributed by atoms with Crippen molar-refractivity contribution < 1.29 is 18.9 Å². The molecule has 0 fully saturated rings. The lowest BCUT2D eigenvalue weighted by atomic mass is 10.2. The molecule has 3 aromatic rings. The van der Waals surface area contributed by atoms with Gasteiger partial charge >= 0.3 is 0 Å². The van der Waals surface area contributed by atoms with Gasteiger partial charge in [-0.3, -0.25) is 14.9 Å². The number of nitrogens with one attached hydrogen (secondary N) is 1. The molecule has 0 unspecified atom stereocenters. The Morgan fingerprint density at radius 3 is 2.63 bits per heavy atom. The number of hydrogen-bond donors (Lipinski definition) is 1. The fourth-order valence-corrected chi connectivity index (χ4v) is 2.64. The number of halogens is 2. The van der Waals surface area contributed by atoms with Crippen LogP contribution in [0.3, 0.4) is 0 Å². The molecule has 3 rings (SSSR count).